The van der Waals surface area contributed by atoms with E-state index >= 15 is 0 Å². The van der Waals surface area contributed by atoms with Crippen LogP contribution in [0.25, 0.3) is 0 Å². The quantitative estimate of drug-likeness (QED) is 0.0257. The molecule has 0 aliphatic rings. The smallest absolute Gasteiger partial charge is 0.306 e. The Balaban J connectivity index is 3.90. The van der Waals surface area contributed by atoms with Crippen molar-refractivity contribution in [2.24, 2.45) is 0 Å². The predicted molar refractivity (Wildman–Crippen MR) is 274 cm³/mol. The molecule has 0 saturated carbocycles. The average Bonchev–Trinajstić information content (AvgIpc) is 3.28. The summed E-state index contributed by atoms with van der Waals surface area (Å²) in [5, 5.41) is 11.7. The number of hydrogen-bond donors (Lipinski definition) is 0. The molecule has 9 nitrogen and oxygen atoms in total. The van der Waals surface area contributed by atoms with Crippen LogP contribution in [0, 0.1) is 0 Å². The lowest BCUT2D eigenvalue weighted by atomic mass is 10.0. The number of quaternary nitrogens is 1. The molecule has 0 aliphatic carbocycles. The van der Waals surface area contributed by atoms with Crippen LogP contribution < -0.4 is 5.11 Å². The third-order valence-corrected chi connectivity index (χ3v) is 13.1. The minimum atomic E-state index is -1.61. The maximum atomic E-state index is 12.8. The van der Waals surface area contributed by atoms with Gasteiger partial charge in [0.2, 0.25) is 0 Å². The van der Waals surface area contributed by atoms with E-state index in [1.165, 1.54) is 225 Å². The Bertz CT molecular complexity index is 1050. The Kier molecular flexibility index (Phi) is 48.4. The molecule has 66 heavy (non-hydrogen) atoms. The summed E-state index contributed by atoms with van der Waals surface area (Å²) >= 11 is 0. The van der Waals surface area contributed by atoms with Crippen molar-refractivity contribution in [3.63, 3.8) is 0 Å². The second-order valence-electron chi connectivity index (χ2n) is 21.0. The minimum Gasteiger partial charge on any atom is -0.545 e. The number of hydrogen-bond acceptors (Lipinski definition) is 8. The van der Waals surface area contributed by atoms with Gasteiger partial charge in [0.25, 0.3) is 0 Å². The zero-order valence-corrected chi connectivity index (χ0v) is 44.6. The van der Waals surface area contributed by atoms with Crippen LogP contribution >= 0.6 is 0 Å². The van der Waals surface area contributed by atoms with Gasteiger partial charge in [-0.15, -0.1) is 0 Å². The molecule has 0 aromatic rings. The third kappa shape index (κ3) is 50.2. The lowest BCUT2D eigenvalue weighted by Gasteiger charge is -2.26. The van der Waals surface area contributed by atoms with Crippen LogP contribution in [0.3, 0.4) is 0 Å². The number of carbonyl (C=O) groups is 3. The van der Waals surface area contributed by atoms with Gasteiger partial charge in [0, 0.05) is 12.8 Å². The van der Waals surface area contributed by atoms with Crippen molar-refractivity contribution < 1.29 is 42.9 Å². The summed E-state index contributed by atoms with van der Waals surface area (Å²) in [5.74, 6) is -2.27. The van der Waals surface area contributed by atoms with Crippen molar-refractivity contribution in [3.05, 3.63) is 0 Å². The van der Waals surface area contributed by atoms with Gasteiger partial charge in [-0.1, -0.05) is 264 Å². The van der Waals surface area contributed by atoms with Crippen LogP contribution in [0.4, 0.5) is 0 Å². The van der Waals surface area contributed by atoms with Crippen LogP contribution in [0.15, 0.2) is 0 Å². The molecule has 9 heteroatoms. The number of carboxylic acids is 1. The highest BCUT2D eigenvalue weighted by molar-refractivity contribution is 5.70. The molecular weight excluding hydrogens is 827 g/mol. The first-order valence-corrected chi connectivity index (χ1v) is 28.7. The standard InChI is InChI=1S/C57H111NO8/c1-6-8-10-12-14-16-17-18-19-20-21-22-23-24-25-26-27-28-29-30-31-32-33-34-35-36-37-38-39-40-42-44-46-48-55(60)66-53(52-65-57(56(61)62)63-50-49-58(3,4)5)51-64-54(59)47-45-43-41-15-13-11-9-7-2/h53,57H,6-52H2,1-5H3. The van der Waals surface area contributed by atoms with Crippen LogP contribution in [0.5, 0.6) is 0 Å². The molecule has 0 aromatic carbocycles. The van der Waals surface area contributed by atoms with Gasteiger partial charge in [0.05, 0.1) is 40.3 Å². The van der Waals surface area contributed by atoms with E-state index < -0.39 is 24.3 Å². The van der Waals surface area contributed by atoms with Gasteiger partial charge in [-0.25, -0.2) is 0 Å². The van der Waals surface area contributed by atoms with Gasteiger partial charge >= 0.3 is 11.9 Å². The molecule has 0 aromatic heterocycles. The summed E-state index contributed by atoms with van der Waals surface area (Å²) in [4.78, 5) is 37.0. The number of carboxylic acid groups (broad SMARTS) is 1. The zero-order valence-electron chi connectivity index (χ0n) is 44.6. The summed E-state index contributed by atoms with van der Waals surface area (Å²) in [6.45, 7) is 4.76. The second kappa shape index (κ2) is 49.7. The van der Waals surface area contributed by atoms with Crippen molar-refractivity contribution in [2.75, 3.05) is 47.5 Å². The summed E-state index contributed by atoms with van der Waals surface area (Å²) in [6.07, 6.45) is 52.0. The van der Waals surface area contributed by atoms with Crippen molar-refractivity contribution in [1.82, 2.24) is 0 Å². The number of rotatable bonds is 54. The number of aliphatic carboxylic acids is 1. The average molecular weight is 939 g/mol. The summed E-state index contributed by atoms with van der Waals surface area (Å²) in [5.41, 5.74) is 0. The number of ether oxygens (including phenoxy) is 4. The number of nitrogens with zero attached hydrogens (tertiary/aromatic N) is 1. The molecule has 392 valence electrons. The Morgan fingerprint density at radius 3 is 0.970 bits per heavy atom. The second-order valence-corrected chi connectivity index (χ2v) is 21.0. The van der Waals surface area contributed by atoms with E-state index in [1.54, 1.807) is 0 Å². The molecular formula is C57H111NO8. The molecule has 2 unspecified atom stereocenters. The molecule has 0 heterocycles. The summed E-state index contributed by atoms with van der Waals surface area (Å²) in [7, 11) is 5.92. The van der Waals surface area contributed by atoms with Crippen LogP contribution in [-0.4, -0.2) is 82.3 Å². The third-order valence-electron chi connectivity index (χ3n) is 13.1. The van der Waals surface area contributed by atoms with Crippen molar-refractivity contribution >= 4 is 17.9 Å². The molecule has 0 rings (SSSR count). The Hall–Kier alpha value is -1.71. The highest BCUT2D eigenvalue weighted by Gasteiger charge is 2.22. The summed E-state index contributed by atoms with van der Waals surface area (Å²) < 4.78 is 22.6. The van der Waals surface area contributed by atoms with Gasteiger partial charge in [0.15, 0.2) is 12.4 Å². The molecule has 0 fully saturated rings. The normalized spacial score (nSPS) is 12.7. The number of unbranched alkanes of at least 4 members (excludes halogenated alkanes) is 39. The monoisotopic (exact) mass is 938 g/mol. The van der Waals surface area contributed by atoms with Crippen molar-refractivity contribution in [1.29, 1.82) is 0 Å². The first-order valence-electron chi connectivity index (χ1n) is 28.7. The van der Waals surface area contributed by atoms with E-state index in [9.17, 15) is 19.5 Å². The Morgan fingerprint density at radius 1 is 0.394 bits per heavy atom. The fourth-order valence-corrected chi connectivity index (χ4v) is 8.66. The van der Waals surface area contributed by atoms with Gasteiger partial charge in [-0.3, -0.25) is 9.59 Å². The number of carbonyl (C=O) groups excluding carboxylic acids is 3. The van der Waals surface area contributed by atoms with Crippen LogP contribution in [-0.2, 0) is 33.3 Å². The number of esters is 2. The van der Waals surface area contributed by atoms with Crippen molar-refractivity contribution in [3.8, 4) is 0 Å². The highest BCUT2D eigenvalue weighted by Crippen LogP contribution is 2.18. The Labute approximate surface area is 409 Å². The van der Waals surface area contributed by atoms with Crippen LogP contribution in [0.1, 0.15) is 290 Å². The molecule has 0 saturated heterocycles. The SMILES string of the molecule is CCCCCCCCCCCCCCCCCCCCCCCCCCCCCCCCCCCC(=O)OC(COC(=O)CCCCCCCCCC)COC(OCC[N+](C)(C)C)C(=O)[O-]. The predicted octanol–water partition coefficient (Wildman–Crippen LogP) is 15.1. The molecule has 0 amide bonds. The molecule has 0 bridgehead atoms. The van der Waals surface area contributed by atoms with Gasteiger partial charge < -0.3 is 33.3 Å². The van der Waals surface area contributed by atoms with E-state index in [0.717, 1.165) is 38.5 Å². The van der Waals surface area contributed by atoms with E-state index in [4.69, 9.17) is 18.9 Å². The topological polar surface area (TPSA) is 111 Å². The molecule has 0 N–H and O–H groups in total. The molecule has 2 atom stereocenters. The van der Waals surface area contributed by atoms with Gasteiger partial charge in [0.1, 0.15) is 13.2 Å². The zero-order chi connectivity index (χ0) is 48.4. The lowest BCUT2D eigenvalue weighted by Crippen LogP contribution is -2.44. The van der Waals surface area contributed by atoms with E-state index in [-0.39, 0.29) is 32.2 Å². The van der Waals surface area contributed by atoms with E-state index in [2.05, 4.69) is 13.8 Å². The fourth-order valence-electron chi connectivity index (χ4n) is 8.66. The first kappa shape index (κ1) is 64.3. The van der Waals surface area contributed by atoms with Gasteiger partial charge in [-0.05, 0) is 12.8 Å². The van der Waals surface area contributed by atoms with Crippen LogP contribution in [0.2, 0.25) is 0 Å². The van der Waals surface area contributed by atoms with E-state index in [1.807, 2.05) is 21.1 Å². The minimum absolute atomic E-state index is 0.153. The lowest BCUT2D eigenvalue weighted by molar-refractivity contribution is -0.870. The van der Waals surface area contributed by atoms with E-state index in [0.29, 0.717) is 17.4 Å². The Morgan fingerprint density at radius 2 is 0.682 bits per heavy atom. The highest BCUT2D eigenvalue weighted by atomic mass is 16.7. The first-order chi connectivity index (χ1) is 32.1. The molecule has 0 aliphatic heterocycles. The van der Waals surface area contributed by atoms with Gasteiger partial charge in [-0.2, -0.15) is 0 Å². The maximum Gasteiger partial charge on any atom is 0.306 e. The largest absolute Gasteiger partial charge is 0.545 e. The number of likely N-dealkylation sites (N-methyl/N-ethyl adjacent to an activating group) is 1. The fraction of sp³-hybridized carbons (Fsp3) is 0.947. The maximum absolute atomic E-state index is 12.8. The molecule has 0 spiro atoms. The molecule has 0 radical (unpaired) electrons. The summed E-state index contributed by atoms with van der Waals surface area (Å²) in [6, 6.07) is 0. The van der Waals surface area contributed by atoms with Crippen molar-refractivity contribution in [2.45, 2.75) is 302 Å².